The minimum Gasteiger partial charge on any atom is -0.229 e. The highest BCUT2D eigenvalue weighted by molar-refractivity contribution is 7.99. The summed E-state index contributed by atoms with van der Waals surface area (Å²) in [6.07, 6.45) is 1.67. The summed E-state index contributed by atoms with van der Waals surface area (Å²) >= 11 is 1.59. The van der Waals surface area contributed by atoms with E-state index < -0.39 is 0 Å². The van der Waals surface area contributed by atoms with E-state index in [1.807, 2.05) is 0 Å². The SMILES string of the molecule is CCSc1ncc2n[nH]nc2n1. The fourth-order valence-corrected chi connectivity index (χ4v) is 1.37. The summed E-state index contributed by atoms with van der Waals surface area (Å²) in [5.74, 6) is 0.962. The Hall–Kier alpha value is -1.17. The van der Waals surface area contributed by atoms with Gasteiger partial charge in [0.05, 0.1) is 6.20 Å². The molecular weight excluding hydrogens is 174 g/mol. The number of aromatic amines is 1. The number of hydrogen-bond acceptors (Lipinski definition) is 5. The van der Waals surface area contributed by atoms with Gasteiger partial charge in [-0.2, -0.15) is 15.3 Å². The molecule has 0 atom stereocenters. The fraction of sp³-hybridized carbons (Fsp3) is 0.333. The van der Waals surface area contributed by atoms with E-state index in [0.717, 1.165) is 10.9 Å². The molecule has 2 aromatic rings. The second-order valence-corrected chi connectivity index (χ2v) is 3.35. The van der Waals surface area contributed by atoms with Gasteiger partial charge in [0.25, 0.3) is 0 Å². The second-order valence-electron chi connectivity index (χ2n) is 2.12. The lowest BCUT2D eigenvalue weighted by atomic mass is 10.6. The van der Waals surface area contributed by atoms with Crippen molar-refractivity contribution in [2.75, 3.05) is 5.75 Å². The van der Waals surface area contributed by atoms with Gasteiger partial charge < -0.3 is 0 Å². The van der Waals surface area contributed by atoms with Gasteiger partial charge in [-0.05, 0) is 5.75 Å². The average Bonchev–Trinajstić information content (AvgIpc) is 2.51. The second kappa shape index (κ2) is 3.06. The molecule has 0 spiro atoms. The normalized spacial score (nSPS) is 10.8. The summed E-state index contributed by atoms with van der Waals surface area (Å²) in [6.45, 7) is 2.06. The lowest BCUT2D eigenvalue weighted by molar-refractivity contribution is 0.946. The summed E-state index contributed by atoms with van der Waals surface area (Å²) in [5.41, 5.74) is 1.33. The summed E-state index contributed by atoms with van der Waals surface area (Å²) in [5, 5.41) is 11.0. The van der Waals surface area contributed by atoms with E-state index in [2.05, 4.69) is 32.3 Å². The molecule has 0 fully saturated rings. The Morgan fingerprint density at radius 1 is 1.50 bits per heavy atom. The van der Waals surface area contributed by atoms with Crippen LogP contribution in [0.2, 0.25) is 0 Å². The highest BCUT2D eigenvalue weighted by Crippen LogP contribution is 2.13. The summed E-state index contributed by atoms with van der Waals surface area (Å²) in [4.78, 5) is 8.27. The quantitative estimate of drug-likeness (QED) is 0.549. The van der Waals surface area contributed by atoms with Crippen LogP contribution in [0, 0.1) is 0 Å². The zero-order valence-electron chi connectivity index (χ0n) is 6.48. The van der Waals surface area contributed by atoms with Crippen molar-refractivity contribution in [1.29, 1.82) is 0 Å². The topological polar surface area (TPSA) is 67.3 Å². The molecule has 6 heteroatoms. The maximum atomic E-state index is 4.17. The van der Waals surface area contributed by atoms with E-state index in [1.54, 1.807) is 18.0 Å². The largest absolute Gasteiger partial charge is 0.229 e. The molecule has 12 heavy (non-hydrogen) atoms. The Labute approximate surface area is 73.0 Å². The molecule has 2 aromatic heterocycles. The number of thioether (sulfide) groups is 1. The van der Waals surface area contributed by atoms with Crippen LogP contribution in [0.15, 0.2) is 11.4 Å². The standard InChI is InChI=1S/C6H7N5S/c1-2-12-6-7-3-4-5(8-6)10-11-9-4/h3H,2H2,1H3,(H,7,8,9,10,11). The van der Waals surface area contributed by atoms with Crippen molar-refractivity contribution in [2.24, 2.45) is 0 Å². The third-order valence-corrected chi connectivity index (χ3v) is 2.07. The lowest BCUT2D eigenvalue weighted by Gasteiger charge is -1.92. The van der Waals surface area contributed by atoms with E-state index in [1.165, 1.54) is 0 Å². The minimum absolute atomic E-state index is 0.626. The Morgan fingerprint density at radius 3 is 3.25 bits per heavy atom. The van der Waals surface area contributed by atoms with Crippen LogP contribution in [0.25, 0.3) is 11.2 Å². The van der Waals surface area contributed by atoms with Crippen LogP contribution in [0.3, 0.4) is 0 Å². The highest BCUT2D eigenvalue weighted by atomic mass is 32.2. The predicted molar refractivity (Wildman–Crippen MR) is 45.9 cm³/mol. The van der Waals surface area contributed by atoms with Crippen LogP contribution < -0.4 is 0 Å². The number of H-pyrrole nitrogens is 1. The molecule has 0 bridgehead atoms. The molecular formula is C6H7N5S. The number of hydrogen-bond donors (Lipinski definition) is 1. The molecule has 0 unspecified atom stereocenters. The van der Waals surface area contributed by atoms with Gasteiger partial charge in [-0.1, -0.05) is 18.7 Å². The van der Waals surface area contributed by atoms with Gasteiger partial charge in [0.2, 0.25) is 5.65 Å². The Balaban J connectivity index is 2.46. The first kappa shape index (κ1) is 7.48. The van der Waals surface area contributed by atoms with E-state index in [-0.39, 0.29) is 0 Å². The molecule has 2 rings (SSSR count). The molecule has 2 heterocycles. The van der Waals surface area contributed by atoms with Crippen LogP contribution in [0.1, 0.15) is 6.92 Å². The Kier molecular flexibility index (Phi) is 1.91. The van der Waals surface area contributed by atoms with Crippen molar-refractivity contribution in [3.8, 4) is 0 Å². The zero-order chi connectivity index (χ0) is 8.39. The van der Waals surface area contributed by atoms with Crippen LogP contribution in [-0.4, -0.2) is 31.1 Å². The molecule has 0 aromatic carbocycles. The Morgan fingerprint density at radius 2 is 2.42 bits per heavy atom. The van der Waals surface area contributed by atoms with Crippen molar-refractivity contribution in [3.63, 3.8) is 0 Å². The predicted octanol–water partition coefficient (Wildman–Crippen LogP) is 0.860. The van der Waals surface area contributed by atoms with Crippen molar-refractivity contribution in [2.45, 2.75) is 12.1 Å². The zero-order valence-corrected chi connectivity index (χ0v) is 7.30. The molecule has 0 aliphatic carbocycles. The smallest absolute Gasteiger partial charge is 0.205 e. The van der Waals surface area contributed by atoms with E-state index in [9.17, 15) is 0 Å². The minimum atomic E-state index is 0.626. The first-order valence-electron chi connectivity index (χ1n) is 3.56. The molecule has 5 nitrogen and oxygen atoms in total. The van der Waals surface area contributed by atoms with Crippen LogP contribution in [0.4, 0.5) is 0 Å². The van der Waals surface area contributed by atoms with Crippen molar-refractivity contribution in [3.05, 3.63) is 6.20 Å². The summed E-state index contributed by atoms with van der Waals surface area (Å²) in [6, 6.07) is 0. The van der Waals surface area contributed by atoms with Gasteiger partial charge >= 0.3 is 0 Å². The molecule has 0 aliphatic heterocycles. The molecule has 62 valence electrons. The molecule has 1 N–H and O–H groups in total. The number of nitrogens with zero attached hydrogens (tertiary/aromatic N) is 4. The van der Waals surface area contributed by atoms with Crippen LogP contribution >= 0.6 is 11.8 Å². The van der Waals surface area contributed by atoms with E-state index in [0.29, 0.717) is 11.2 Å². The molecule has 0 amide bonds. The van der Waals surface area contributed by atoms with Gasteiger partial charge in [-0.3, -0.25) is 0 Å². The third-order valence-electron chi connectivity index (χ3n) is 1.33. The number of rotatable bonds is 2. The van der Waals surface area contributed by atoms with Gasteiger partial charge in [-0.15, -0.1) is 5.10 Å². The lowest BCUT2D eigenvalue weighted by Crippen LogP contribution is -1.86. The van der Waals surface area contributed by atoms with E-state index >= 15 is 0 Å². The monoisotopic (exact) mass is 181 g/mol. The number of nitrogens with one attached hydrogen (secondary N) is 1. The number of aromatic nitrogens is 5. The van der Waals surface area contributed by atoms with Crippen LogP contribution in [0.5, 0.6) is 0 Å². The average molecular weight is 181 g/mol. The summed E-state index contributed by atoms with van der Waals surface area (Å²) in [7, 11) is 0. The van der Waals surface area contributed by atoms with Crippen molar-refractivity contribution in [1.82, 2.24) is 25.4 Å². The first-order valence-corrected chi connectivity index (χ1v) is 4.55. The van der Waals surface area contributed by atoms with Crippen molar-refractivity contribution < 1.29 is 0 Å². The molecule has 0 radical (unpaired) electrons. The highest BCUT2D eigenvalue weighted by Gasteiger charge is 2.01. The molecule has 0 saturated carbocycles. The van der Waals surface area contributed by atoms with Gasteiger partial charge in [0.1, 0.15) is 5.52 Å². The number of fused-ring (bicyclic) bond motifs is 1. The van der Waals surface area contributed by atoms with E-state index in [4.69, 9.17) is 0 Å². The first-order chi connectivity index (χ1) is 5.90. The maximum Gasteiger partial charge on any atom is 0.205 e. The third kappa shape index (κ3) is 1.25. The van der Waals surface area contributed by atoms with Crippen molar-refractivity contribution >= 4 is 22.9 Å². The molecule has 0 aliphatic rings. The van der Waals surface area contributed by atoms with Crippen LogP contribution in [-0.2, 0) is 0 Å². The fourth-order valence-electron chi connectivity index (χ4n) is 0.837. The van der Waals surface area contributed by atoms with Gasteiger partial charge in [0.15, 0.2) is 5.16 Å². The maximum absolute atomic E-state index is 4.17. The van der Waals surface area contributed by atoms with Gasteiger partial charge in [-0.25, -0.2) is 4.98 Å². The Bertz CT molecular complexity index is 384. The summed E-state index contributed by atoms with van der Waals surface area (Å²) < 4.78 is 0. The molecule has 0 saturated heterocycles. The van der Waals surface area contributed by atoms with Gasteiger partial charge in [0, 0.05) is 0 Å².